The lowest BCUT2D eigenvalue weighted by Crippen LogP contribution is -2.21. The zero-order valence-corrected chi connectivity index (χ0v) is 10.2. The Bertz CT molecular complexity index is 375. The van der Waals surface area contributed by atoms with E-state index < -0.39 is 0 Å². The number of fused-ring (bicyclic) bond motifs is 1. The van der Waals surface area contributed by atoms with Crippen LogP contribution in [0.25, 0.3) is 0 Å². The molecule has 76 valence electrons. The van der Waals surface area contributed by atoms with Crippen molar-refractivity contribution in [1.29, 1.82) is 0 Å². The Morgan fingerprint density at radius 3 is 3.07 bits per heavy atom. The van der Waals surface area contributed by atoms with E-state index in [0.29, 0.717) is 0 Å². The molecule has 0 fully saturated rings. The lowest BCUT2D eigenvalue weighted by Gasteiger charge is -2.11. The van der Waals surface area contributed by atoms with E-state index in [2.05, 4.69) is 26.6 Å². The Balaban J connectivity index is 2.33. The Hall–Kier alpha value is -0.390. The molecule has 1 aromatic heterocycles. The van der Waals surface area contributed by atoms with Crippen molar-refractivity contribution in [2.45, 2.75) is 19.9 Å². The van der Waals surface area contributed by atoms with E-state index in [9.17, 15) is 4.79 Å². The van der Waals surface area contributed by atoms with E-state index in [1.807, 2.05) is 0 Å². The van der Waals surface area contributed by atoms with Crippen molar-refractivity contribution in [2.24, 2.45) is 0 Å². The summed E-state index contributed by atoms with van der Waals surface area (Å²) in [6.45, 7) is 3.46. The molecule has 0 unspecified atom stereocenters. The number of nitrogens with one attached hydrogen (secondary N) is 2. The molecule has 3 nitrogen and oxygen atoms in total. The Labute approximate surface area is 95.0 Å². The van der Waals surface area contributed by atoms with Crippen LogP contribution in [0.1, 0.15) is 17.4 Å². The maximum absolute atomic E-state index is 10.9. The normalized spacial score (nSPS) is 15.0. The molecule has 0 radical (unpaired) electrons. The first-order chi connectivity index (χ1) is 6.68. The summed E-state index contributed by atoms with van der Waals surface area (Å²) in [6, 6.07) is 0. The Kier molecular flexibility index (Phi) is 2.90. The number of hydrogen-bond acceptors (Lipinski definition) is 3. The van der Waals surface area contributed by atoms with Gasteiger partial charge in [-0.15, -0.1) is 11.3 Å². The maximum Gasteiger partial charge on any atom is 0.221 e. The van der Waals surface area contributed by atoms with E-state index in [1.54, 1.807) is 11.3 Å². The Morgan fingerprint density at radius 1 is 1.64 bits per heavy atom. The smallest absolute Gasteiger partial charge is 0.221 e. The lowest BCUT2D eigenvalue weighted by atomic mass is 10.1. The van der Waals surface area contributed by atoms with Gasteiger partial charge in [-0.25, -0.2) is 0 Å². The number of hydrogen-bond donors (Lipinski definition) is 2. The number of anilines is 1. The van der Waals surface area contributed by atoms with Gasteiger partial charge in [0.2, 0.25) is 5.91 Å². The third kappa shape index (κ3) is 1.85. The van der Waals surface area contributed by atoms with E-state index in [-0.39, 0.29) is 5.91 Å². The number of carbonyl (C=O) groups excluding carboxylic acids is 1. The van der Waals surface area contributed by atoms with Crippen molar-refractivity contribution in [3.63, 3.8) is 0 Å². The molecule has 0 aromatic carbocycles. The van der Waals surface area contributed by atoms with Gasteiger partial charge in [-0.05, 0) is 34.5 Å². The minimum atomic E-state index is -0.0164. The second-order valence-corrected chi connectivity index (χ2v) is 5.15. The summed E-state index contributed by atoms with van der Waals surface area (Å²) in [7, 11) is 0. The highest BCUT2D eigenvalue weighted by molar-refractivity contribution is 9.10. The molecule has 1 amide bonds. The lowest BCUT2D eigenvalue weighted by molar-refractivity contribution is -0.114. The van der Waals surface area contributed by atoms with Crippen molar-refractivity contribution in [1.82, 2.24) is 5.32 Å². The molecule has 0 bridgehead atoms. The summed E-state index contributed by atoms with van der Waals surface area (Å²) < 4.78 is 1.06. The summed E-state index contributed by atoms with van der Waals surface area (Å²) in [5.74, 6) is -0.0164. The third-order valence-electron chi connectivity index (χ3n) is 2.15. The summed E-state index contributed by atoms with van der Waals surface area (Å²) in [5, 5.41) is 7.08. The molecule has 0 atom stereocenters. The molecule has 0 saturated carbocycles. The van der Waals surface area contributed by atoms with Crippen LogP contribution in [0, 0.1) is 0 Å². The third-order valence-corrected chi connectivity index (χ3v) is 4.44. The number of rotatable bonds is 1. The molecule has 2 rings (SSSR count). The quantitative estimate of drug-likeness (QED) is 0.824. The fourth-order valence-electron chi connectivity index (χ4n) is 1.54. The molecule has 14 heavy (non-hydrogen) atoms. The van der Waals surface area contributed by atoms with Crippen LogP contribution in [0.3, 0.4) is 0 Å². The van der Waals surface area contributed by atoms with Gasteiger partial charge in [0.15, 0.2) is 0 Å². The van der Waals surface area contributed by atoms with Gasteiger partial charge in [0, 0.05) is 18.3 Å². The van der Waals surface area contributed by atoms with Gasteiger partial charge in [0.05, 0.1) is 4.47 Å². The first-order valence-electron chi connectivity index (χ1n) is 4.47. The zero-order chi connectivity index (χ0) is 10.1. The Morgan fingerprint density at radius 2 is 2.43 bits per heavy atom. The highest BCUT2D eigenvalue weighted by atomic mass is 79.9. The first kappa shape index (κ1) is 10.1. The van der Waals surface area contributed by atoms with Crippen molar-refractivity contribution < 1.29 is 4.79 Å². The maximum atomic E-state index is 10.9. The van der Waals surface area contributed by atoms with E-state index >= 15 is 0 Å². The number of thiophene rings is 1. The fourth-order valence-corrected chi connectivity index (χ4v) is 3.60. The van der Waals surface area contributed by atoms with Crippen molar-refractivity contribution in [2.75, 3.05) is 11.9 Å². The number of halogens is 1. The second-order valence-electron chi connectivity index (χ2n) is 3.25. The molecular formula is C9H11BrN2OS. The molecule has 0 spiro atoms. The minimum Gasteiger partial charge on any atom is -0.317 e. The predicted molar refractivity (Wildman–Crippen MR) is 61.7 cm³/mol. The topological polar surface area (TPSA) is 41.1 Å². The number of amides is 1. The highest BCUT2D eigenvalue weighted by Gasteiger charge is 2.18. The minimum absolute atomic E-state index is 0.0164. The standard InChI is InChI=1S/C9H11BrN2OS/c1-5(13)12-9-8(10)6-2-3-11-4-7(6)14-9/h11H,2-4H2,1H3,(H,12,13). The zero-order valence-electron chi connectivity index (χ0n) is 7.82. The van der Waals surface area contributed by atoms with Gasteiger partial charge in [0.25, 0.3) is 0 Å². The molecular weight excluding hydrogens is 264 g/mol. The van der Waals surface area contributed by atoms with E-state index in [4.69, 9.17) is 0 Å². The molecule has 5 heteroatoms. The summed E-state index contributed by atoms with van der Waals surface area (Å²) in [6.07, 6.45) is 1.03. The van der Waals surface area contributed by atoms with Crippen LogP contribution >= 0.6 is 27.3 Å². The van der Waals surface area contributed by atoms with Gasteiger partial charge in [-0.1, -0.05) is 0 Å². The summed E-state index contributed by atoms with van der Waals surface area (Å²) >= 11 is 5.18. The van der Waals surface area contributed by atoms with Crippen LogP contribution in [0.4, 0.5) is 5.00 Å². The fraction of sp³-hybridized carbons (Fsp3) is 0.444. The van der Waals surface area contributed by atoms with Crippen LogP contribution in [-0.4, -0.2) is 12.5 Å². The van der Waals surface area contributed by atoms with Crippen LogP contribution in [0.5, 0.6) is 0 Å². The van der Waals surface area contributed by atoms with E-state index in [1.165, 1.54) is 17.4 Å². The first-order valence-corrected chi connectivity index (χ1v) is 6.08. The second kappa shape index (κ2) is 4.00. The van der Waals surface area contributed by atoms with Gasteiger partial charge in [0.1, 0.15) is 5.00 Å². The summed E-state index contributed by atoms with van der Waals surface area (Å²) in [5.41, 5.74) is 1.34. The van der Waals surface area contributed by atoms with Crippen molar-refractivity contribution in [3.8, 4) is 0 Å². The van der Waals surface area contributed by atoms with Gasteiger partial charge in [-0.3, -0.25) is 4.79 Å². The molecule has 1 aliphatic heterocycles. The molecule has 1 aliphatic rings. The molecule has 1 aromatic rings. The molecule has 0 aliphatic carbocycles. The van der Waals surface area contributed by atoms with Crippen LogP contribution in [-0.2, 0) is 17.8 Å². The average molecular weight is 275 g/mol. The predicted octanol–water partition coefficient (Wildman–Crippen LogP) is 2.11. The largest absolute Gasteiger partial charge is 0.317 e. The number of carbonyl (C=O) groups is 1. The molecule has 2 heterocycles. The average Bonchev–Trinajstić information content (AvgIpc) is 2.44. The van der Waals surface area contributed by atoms with Crippen LogP contribution < -0.4 is 10.6 Å². The van der Waals surface area contributed by atoms with Crippen LogP contribution in [0.15, 0.2) is 4.47 Å². The van der Waals surface area contributed by atoms with Gasteiger partial charge in [-0.2, -0.15) is 0 Å². The van der Waals surface area contributed by atoms with Crippen LogP contribution in [0.2, 0.25) is 0 Å². The highest BCUT2D eigenvalue weighted by Crippen LogP contribution is 2.39. The SMILES string of the molecule is CC(=O)Nc1sc2c(c1Br)CCNC2. The monoisotopic (exact) mass is 274 g/mol. The summed E-state index contributed by atoms with van der Waals surface area (Å²) in [4.78, 5) is 12.3. The van der Waals surface area contributed by atoms with Crippen molar-refractivity contribution >= 4 is 38.2 Å². The molecule has 2 N–H and O–H groups in total. The van der Waals surface area contributed by atoms with Crippen molar-refractivity contribution in [3.05, 3.63) is 14.9 Å². The van der Waals surface area contributed by atoms with Gasteiger partial charge >= 0.3 is 0 Å². The van der Waals surface area contributed by atoms with E-state index in [0.717, 1.165) is 29.0 Å². The molecule has 0 saturated heterocycles. The van der Waals surface area contributed by atoms with Gasteiger partial charge < -0.3 is 10.6 Å².